The second-order valence-electron chi connectivity index (χ2n) is 3.49. The van der Waals surface area contributed by atoms with Gasteiger partial charge in [-0.2, -0.15) is 0 Å². The van der Waals surface area contributed by atoms with E-state index in [1.54, 1.807) is 0 Å². The van der Waals surface area contributed by atoms with Crippen molar-refractivity contribution in [2.24, 2.45) is 11.7 Å². The Morgan fingerprint density at radius 1 is 1.43 bits per heavy atom. The Kier molecular flexibility index (Phi) is 3.78. The SMILES string of the molecule is CC(C)[C@H](N)[C@@H](O)c1nc(Cl)c(Cl)[nH]1. The van der Waals surface area contributed by atoms with Crippen LogP contribution in [0, 0.1) is 5.92 Å². The number of aliphatic hydroxyl groups excluding tert-OH is 1. The molecule has 0 aliphatic heterocycles. The lowest BCUT2D eigenvalue weighted by Gasteiger charge is -2.20. The van der Waals surface area contributed by atoms with Crippen LogP contribution in [0.4, 0.5) is 0 Å². The van der Waals surface area contributed by atoms with Gasteiger partial charge in [-0.3, -0.25) is 0 Å². The van der Waals surface area contributed by atoms with E-state index < -0.39 is 12.1 Å². The largest absolute Gasteiger partial charge is 0.384 e. The minimum Gasteiger partial charge on any atom is -0.384 e. The van der Waals surface area contributed by atoms with Gasteiger partial charge in [0.05, 0.1) is 0 Å². The zero-order valence-corrected chi connectivity index (χ0v) is 9.47. The number of nitrogens with zero attached hydrogens (tertiary/aromatic N) is 1. The number of H-pyrrole nitrogens is 1. The number of hydrogen-bond donors (Lipinski definition) is 3. The van der Waals surface area contributed by atoms with Gasteiger partial charge >= 0.3 is 0 Å². The first kappa shape index (κ1) is 11.8. The van der Waals surface area contributed by atoms with Crippen LogP contribution in [-0.2, 0) is 0 Å². The molecule has 4 N–H and O–H groups in total. The molecule has 0 aromatic carbocycles. The van der Waals surface area contributed by atoms with Crippen LogP contribution in [-0.4, -0.2) is 21.1 Å². The zero-order valence-electron chi connectivity index (χ0n) is 7.96. The molecule has 4 nitrogen and oxygen atoms in total. The standard InChI is InChI=1S/C8H13Cl2N3O/c1-3(2)4(11)5(14)8-12-6(9)7(10)13-8/h3-5,14H,11H2,1-2H3,(H,12,13)/t4-,5+/m0/s1. The minimum atomic E-state index is -0.875. The predicted molar refractivity (Wildman–Crippen MR) is 56.4 cm³/mol. The maximum atomic E-state index is 9.76. The van der Waals surface area contributed by atoms with E-state index in [2.05, 4.69) is 9.97 Å². The Balaban J connectivity index is 2.83. The van der Waals surface area contributed by atoms with Crippen molar-refractivity contribution in [2.75, 3.05) is 0 Å². The van der Waals surface area contributed by atoms with Crippen LogP contribution < -0.4 is 5.73 Å². The Hall–Kier alpha value is -0.290. The van der Waals surface area contributed by atoms with Crippen LogP contribution in [0.5, 0.6) is 0 Å². The molecule has 0 saturated carbocycles. The first-order chi connectivity index (χ1) is 6.43. The van der Waals surface area contributed by atoms with Crippen LogP contribution in [0.15, 0.2) is 0 Å². The molecule has 80 valence electrons. The molecule has 6 heteroatoms. The van der Waals surface area contributed by atoms with Crippen molar-refractivity contribution >= 4 is 23.2 Å². The number of nitrogens with two attached hydrogens (primary N) is 1. The molecular weight excluding hydrogens is 225 g/mol. The summed E-state index contributed by atoms with van der Waals surface area (Å²) in [6, 6.07) is -0.395. The molecule has 2 atom stereocenters. The van der Waals surface area contributed by atoms with Gasteiger partial charge in [-0.15, -0.1) is 0 Å². The highest BCUT2D eigenvalue weighted by Crippen LogP contribution is 2.24. The molecule has 1 aromatic heterocycles. The van der Waals surface area contributed by atoms with E-state index >= 15 is 0 Å². The fourth-order valence-corrected chi connectivity index (χ4v) is 1.31. The Labute approximate surface area is 92.4 Å². The first-order valence-electron chi connectivity index (χ1n) is 4.28. The van der Waals surface area contributed by atoms with E-state index in [9.17, 15) is 5.11 Å². The molecule has 0 unspecified atom stereocenters. The number of nitrogens with one attached hydrogen (secondary N) is 1. The number of hydrogen-bond acceptors (Lipinski definition) is 3. The molecule has 0 saturated heterocycles. The molecule has 0 fully saturated rings. The fourth-order valence-electron chi connectivity index (χ4n) is 1.03. The number of rotatable bonds is 3. The van der Waals surface area contributed by atoms with Gasteiger partial charge in [-0.25, -0.2) is 4.98 Å². The summed E-state index contributed by atoms with van der Waals surface area (Å²) in [5, 5.41) is 10.1. The fraction of sp³-hybridized carbons (Fsp3) is 0.625. The first-order valence-corrected chi connectivity index (χ1v) is 5.03. The van der Waals surface area contributed by atoms with Crippen molar-refractivity contribution in [1.82, 2.24) is 9.97 Å². The summed E-state index contributed by atoms with van der Waals surface area (Å²) in [4.78, 5) is 6.53. The molecule has 0 spiro atoms. The zero-order chi connectivity index (χ0) is 10.9. The molecular formula is C8H13Cl2N3O. The average Bonchev–Trinajstić information content (AvgIpc) is 2.44. The number of aromatic nitrogens is 2. The summed E-state index contributed by atoms with van der Waals surface area (Å²) >= 11 is 11.3. The van der Waals surface area contributed by atoms with Crippen molar-refractivity contribution in [2.45, 2.75) is 26.0 Å². The van der Waals surface area contributed by atoms with E-state index in [1.165, 1.54) is 0 Å². The second kappa shape index (κ2) is 4.49. The topological polar surface area (TPSA) is 74.9 Å². The van der Waals surface area contributed by atoms with Gasteiger partial charge in [0.25, 0.3) is 0 Å². The van der Waals surface area contributed by atoms with E-state index in [-0.39, 0.29) is 16.2 Å². The Morgan fingerprint density at radius 3 is 2.36 bits per heavy atom. The van der Waals surface area contributed by atoms with E-state index in [4.69, 9.17) is 28.9 Å². The third kappa shape index (κ3) is 2.39. The van der Waals surface area contributed by atoms with Crippen LogP contribution in [0.25, 0.3) is 0 Å². The predicted octanol–water partition coefficient (Wildman–Crippen LogP) is 1.73. The summed E-state index contributed by atoms with van der Waals surface area (Å²) < 4.78 is 0. The van der Waals surface area contributed by atoms with Crippen LogP contribution in [0.1, 0.15) is 25.8 Å². The molecule has 1 aromatic rings. The maximum absolute atomic E-state index is 9.76. The smallest absolute Gasteiger partial charge is 0.166 e. The average molecular weight is 238 g/mol. The van der Waals surface area contributed by atoms with E-state index in [0.717, 1.165) is 0 Å². The lowest BCUT2D eigenvalue weighted by molar-refractivity contribution is 0.118. The molecule has 0 amide bonds. The maximum Gasteiger partial charge on any atom is 0.166 e. The lowest BCUT2D eigenvalue weighted by Crippen LogP contribution is -2.34. The van der Waals surface area contributed by atoms with Gasteiger partial charge in [-0.1, -0.05) is 37.0 Å². The highest BCUT2D eigenvalue weighted by atomic mass is 35.5. The van der Waals surface area contributed by atoms with Gasteiger partial charge < -0.3 is 15.8 Å². The summed E-state index contributed by atoms with van der Waals surface area (Å²) in [6.07, 6.45) is -0.875. The van der Waals surface area contributed by atoms with Gasteiger partial charge in [0.2, 0.25) is 0 Å². The number of aliphatic hydroxyl groups is 1. The molecule has 14 heavy (non-hydrogen) atoms. The minimum absolute atomic E-state index is 0.146. The normalized spacial score (nSPS) is 15.9. The van der Waals surface area contributed by atoms with Crippen molar-refractivity contribution < 1.29 is 5.11 Å². The van der Waals surface area contributed by atoms with Gasteiger partial charge in [0.15, 0.2) is 5.15 Å². The molecule has 0 aliphatic carbocycles. The van der Waals surface area contributed by atoms with Crippen molar-refractivity contribution in [3.63, 3.8) is 0 Å². The molecule has 0 bridgehead atoms. The van der Waals surface area contributed by atoms with Gasteiger partial charge in [0, 0.05) is 6.04 Å². The Morgan fingerprint density at radius 2 is 2.00 bits per heavy atom. The Bertz CT molecular complexity index is 294. The third-order valence-corrected chi connectivity index (χ3v) is 2.70. The van der Waals surface area contributed by atoms with Crippen molar-refractivity contribution in [1.29, 1.82) is 0 Å². The van der Waals surface area contributed by atoms with Crippen molar-refractivity contribution in [3.05, 3.63) is 16.1 Å². The summed E-state index contributed by atoms with van der Waals surface area (Å²) in [7, 11) is 0. The van der Waals surface area contributed by atoms with Gasteiger partial charge in [-0.05, 0) is 5.92 Å². The highest BCUT2D eigenvalue weighted by molar-refractivity contribution is 6.40. The molecule has 0 aliphatic rings. The quantitative estimate of drug-likeness (QED) is 0.750. The third-order valence-electron chi connectivity index (χ3n) is 2.05. The summed E-state index contributed by atoms with van der Waals surface area (Å²) in [5.74, 6) is 0.453. The summed E-state index contributed by atoms with van der Waals surface area (Å²) in [5.41, 5.74) is 5.76. The molecule has 1 heterocycles. The molecule has 0 radical (unpaired) electrons. The second-order valence-corrected chi connectivity index (χ2v) is 4.23. The number of imidazole rings is 1. The van der Waals surface area contributed by atoms with E-state index in [0.29, 0.717) is 5.82 Å². The van der Waals surface area contributed by atoms with Crippen molar-refractivity contribution in [3.8, 4) is 0 Å². The molecule has 1 rings (SSSR count). The van der Waals surface area contributed by atoms with Gasteiger partial charge in [0.1, 0.15) is 17.1 Å². The highest BCUT2D eigenvalue weighted by Gasteiger charge is 2.23. The number of halogens is 2. The van der Waals surface area contributed by atoms with Crippen LogP contribution in [0.2, 0.25) is 10.3 Å². The summed E-state index contributed by atoms with van der Waals surface area (Å²) in [6.45, 7) is 3.83. The number of aromatic amines is 1. The monoisotopic (exact) mass is 237 g/mol. The van der Waals surface area contributed by atoms with Crippen LogP contribution in [0.3, 0.4) is 0 Å². The van der Waals surface area contributed by atoms with Crippen LogP contribution >= 0.6 is 23.2 Å². The van der Waals surface area contributed by atoms with E-state index in [1.807, 2.05) is 13.8 Å². The lowest BCUT2D eigenvalue weighted by atomic mass is 9.99.